The van der Waals surface area contributed by atoms with Gasteiger partial charge < -0.3 is 5.11 Å². The standard InChI is InChI=1S/C9H15NO/c1-3-5-9(11)6-7-10(4-2)8-9/h11H,4,6-8H2,1-2H3. The lowest BCUT2D eigenvalue weighted by molar-refractivity contribution is 0.109. The van der Waals surface area contributed by atoms with Crippen LogP contribution in [0.15, 0.2) is 0 Å². The highest BCUT2D eigenvalue weighted by atomic mass is 16.3. The molecule has 0 aromatic rings. The molecule has 0 aliphatic carbocycles. The van der Waals surface area contributed by atoms with E-state index in [1.165, 1.54) is 0 Å². The summed E-state index contributed by atoms with van der Waals surface area (Å²) >= 11 is 0. The maximum Gasteiger partial charge on any atom is 0.139 e. The summed E-state index contributed by atoms with van der Waals surface area (Å²) in [7, 11) is 0. The molecule has 0 aromatic carbocycles. The minimum absolute atomic E-state index is 0.713. The van der Waals surface area contributed by atoms with Crippen LogP contribution in [-0.2, 0) is 0 Å². The van der Waals surface area contributed by atoms with Crippen molar-refractivity contribution in [1.82, 2.24) is 4.90 Å². The predicted octanol–water partition coefficient (Wildman–Crippen LogP) is 0.466. The van der Waals surface area contributed by atoms with Crippen LogP contribution in [0.25, 0.3) is 0 Å². The summed E-state index contributed by atoms with van der Waals surface area (Å²) in [5, 5.41) is 9.78. The lowest BCUT2D eigenvalue weighted by Gasteiger charge is -2.15. The Balaban J connectivity index is 2.55. The van der Waals surface area contributed by atoms with Crippen LogP contribution in [0.2, 0.25) is 0 Å². The Kier molecular flexibility index (Phi) is 2.53. The minimum atomic E-state index is -0.717. The molecule has 11 heavy (non-hydrogen) atoms. The third-order valence-corrected chi connectivity index (χ3v) is 2.13. The Morgan fingerprint density at radius 1 is 1.64 bits per heavy atom. The van der Waals surface area contributed by atoms with Gasteiger partial charge in [0.2, 0.25) is 0 Å². The van der Waals surface area contributed by atoms with Gasteiger partial charge in [0.15, 0.2) is 0 Å². The van der Waals surface area contributed by atoms with Gasteiger partial charge in [0, 0.05) is 19.5 Å². The smallest absolute Gasteiger partial charge is 0.139 e. The number of rotatable bonds is 1. The van der Waals surface area contributed by atoms with Crippen LogP contribution in [0.5, 0.6) is 0 Å². The van der Waals surface area contributed by atoms with Crippen LogP contribution in [-0.4, -0.2) is 35.2 Å². The van der Waals surface area contributed by atoms with Crippen molar-refractivity contribution in [2.45, 2.75) is 25.9 Å². The second-order valence-electron chi connectivity index (χ2n) is 3.03. The minimum Gasteiger partial charge on any atom is -0.376 e. The Hall–Kier alpha value is -0.520. The van der Waals surface area contributed by atoms with Gasteiger partial charge >= 0.3 is 0 Å². The zero-order chi connectivity index (χ0) is 8.32. The normalized spacial score (nSPS) is 31.5. The molecule has 1 aliphatic heterocycles. The van der Waals surface area contributed by atoms with E-state index in [1.54, 1.807) is 6.92 Å². The lowest BCUT2D eigenvalue weighted by Crippen LogP contribution is -2.31. The Bertz CT molecular complexity index is 191. The zero-order valence-corrected chi connectivity index (χ0v) is 7.22. The van der Waals surface area contributed by atoms with Gasteiger partial charge in [-0.2, -0.15) is 0 Å². The van der Waals surface area contributed by atoms with Gasteiger partial charge in [0.1, 0.15) is 5.60 Å². The first-order chi connectivity index (χ1) is 5.20. The average molecular weight is 153 g/mol. The van der Waals surface area contributed by atoms with Crippen molar-refractivity contribution in [3.63, 3.8) is 0 Å². The molecule has 2 nitrogen and oxygen atoms in total. The molecule has 1 aliphatic rings. The number of hydrogen-bond acceptors (Lipinski definition) is 2. The van der Waals surface area contributed by atoms with Gasteiger partial charge in [-0.1, -0.05) is 12.8 Å². The van der Waals surface area contributed by atoms with Gasteiger partial charge in [0.25, 0.3) is 0 Å². The molecule has 1 fully saturated rings. The largest absolute Gasteiger partial charge is 0.376 e. The molecule has 0 spiro atoms. The molecule has 0 bridgehead atoms. The van der Waals surface area contributed by atoms with Gasteiger partial charge in [0.05, 0.1) is 0 Å². The summed E-state index contributed by atoms with van der Waals surface area (Å²) in [4.78, 5) is 2.21. The number of likely N-dealkylation sites (N-methyl/N-ethyl adjacent to an activating group) is 1. The van der Waals surface area contributed by atoms with E-state index >= 15 is 0 Å². The maximum absolute atomic E-state index is 9.78. The Morgan fingerprint density at radius 3 is 2.82 bits per heavy atom. The van der Waals surface area contributed by atoms with E-state index in [9.17, 15) is 5.11 Å². The molecule has 1 heterocycles. The molecule has 1 N–H and O–H groups in total. The monoisotopic (exact) mass is 153 g/mol. The second kappa shape index (κ2) is 3.25. The first kappa shape index (κ1) is 8.58. The highest BCUT2D eigenvalue weighted by molar-refractivity contribution is 5.15. The molecular weight excluding hydrogens is 138 g/mol. The van der Waals surface area contributed by atoms with E-state index in [0.29, 0.717) is 6.54 Å². The van der Waals surface area contributed by atoms with Crippen molar-refractivity contribution in [1.29, 1.82) is 0 Å². The maximum atomic E-state index is 9.78. The highest BCUT2D eigenvalue weighted by Gasteiger charge is 2.33. The van der Waals surface area contributed by atoms with Crippen LogP contribution in [0, 0.1) is 11.8 Å². The van der Waals surface area contributed by atoms with Gasteiger partial charge in [-0.25, -0.2) is 0 Å². The van der Waals surface area contributed by atoms with Crippen molar-refractivity contribution in [2.75, 3.05) is 19.6 Å². The molecule has 2 heteroatoms. The molecule has 1 atom stereocenters. The number of β-amino-alcohol motifs (C(OH)–C–C–N with tert-alkyl or cyclic N) is 1. The first-order valence-corrected chi connectivity index (χ1v) is 4.09. The number of hydrogen-bond donors (Lipinski definition) is 1. The molecule has 0 radical (unpaired) electrons. The lowest BCUT2D eigenvalue weighted by atomic mass is 10.1. The number of aliphatic hydroxyl groups is 1. The summed E-state index contributed by atoms with van der Waals surface area (Å²) in [5.74, 6) is 5.62. The number of likely N-dealkylation sites (tertiary alicyclic amines) is 1. The fourth-order valence-corrected chi connectivity index (χ4v) is 1.48. The topological polar surface area (TPSA) is 23.5 Å². The molecular formula is C9H15NO. The van der Waals surface area contributed by atoms with Crippen molar-refractivity contribution in [2.24, 2.45) is 0 Å². The fourth-order valence-electron chi connectivity index (χ4n) is 1.48. The predicted molar refractivity (Wildman–Crippen MR) is 45.1 cm³/mol. The summed E-state index contributed by atoms with van der Waals surface area (Å²) < 4.78 is 0. The van der Waals surface area contributed by atoms with E-state index in [-0.39, 0.29) is 0 Å². The van der Waals surface area contributed by atoms with Crippen LogP contribution < -0.4 is 0 Å². The molecule has 0 aromatic heterocycles. The molecule has 1 saturated heterocycles. The SMILES string of the molecule is CC#CC1(O)CCN(CC)C1. The van der Waals surface area contributed by atoms with Gasteiger partial charge in [-0.15, -0.1) is 5.92 Å². The number of nitrogens with zero attached hydrogens (tertiary/aromatic N) is 1. The van der Waals surface area contributed by atoms with E-state index in [4.69, 9.17) is 0 Å². The second-order valence-corrected chi connectivity index (χ2v) is 3.03. The van der Waals surface area contributed by atoms with Crippen LogP contribution >= 0.6 is 0 Å². The summed E-state index contributed by atoms with van der Waals surface area (Å²) in [6, 6.07) is 0. The van der Waals surface area contributed by atoms with Crippen molar-refractivity contribution in [3.8, 4) is 11.8 Å². The van der Waals surface area contributed by atoms with E-state index in [1.807, 2.05) is 0 Å². The van der Waals surface area contributed by atoms with E-state index in [0.717, 1.165) is 19.5 Å². The third kappa shape index (κ3) is 1.95. The molecule has 62 valence electrons. The molecule has 0 amide bonds. The van der Waals surface area contributed by atoms with Crippen LogP contribution in [0.1, 0.15) is 20.3 Å². The summed E-state index contributed by atoms with van der Waals surface area (Å²) in [6.07, 6.45) is 0.793. The van der Waals surface area contributed by atoms with Crippen molar-refractivity contribution < 1.29 is 5.11 Å². The summed E-state index contributed by atoms with van der Waals surface area (Å²) in [6.45, 7) is 6.57. The van der Waals surface area contributed by atoms with Crippen LogP contribution in [0.3, 0.4) is 0 Å². The Labute approximate surface area is 68.2 Å². The van der Waals surface area contributed by atoms with E-state index in [2.05, 4.69) is 23.7 Å². The average Bonchev–Trinajstić information content (AvgIpc) is 2.33. The van der Waals surface area contributed by atoms with Gasteiger partial charge in [-0.05, 0) is 13.5 Å². The Morgan fingerprint density at radius 2 is 2.36 bits per heavy atom. The first-order valence-electron chi connectivity index (χ1n) is 4.09. The van der Waals surface area contributed by atoms with E-state index < -0.39 is 5.60 Å². The van der Waals surface area contributed by atoms with Crippen molar-refractivity contribution in [3.05, 3.63) is 0 Å². The van der Waals surface area contributed by atoms with Gasteiger partial charge in [-0.3, -0.25) is 4.90 Å². The molecule has 1 rings (SSSR count). The van der Waals surface area contributed by atoms with Crippen LogP contribution in [0.4, 0.5) is 0 Å². The van der Waals surface area contributed by atoms with Crippen molar-refractivity contribution >= 4 is 0 Å². The third-order valence-electron chi connectivity index (χ3n) is 2.13. The quantitative estimate of drug-likeness (QED) is 0.553. The fraction of sp³-hybridized carbons (Fsp3) is 0.778. The summed E-state index contributed by atoms with van der Waals surface area (Å²) in [5.41, 5.74) is -0.717. The molecule has 0 saturated carbocycles. The zero-order valence-electron chi connectivity index (χ0n) is 7.22. The highest BCUT2D eigenvalue weighted by Crippen LogP contribution is 2.19. The molecule has 1 unspecified atom stereocenters.